The molecule has 0 bridgehead atoms. The first-order chi connectivity index (χ1) is 6.85. The van der Waals surface area contributed by atoms with Gasteiger partial charge in [-0.2, -0.15) is 0 Å². The van der Waals surface area contributed by atoms with Crippen LogP contribution in [0.1, 0.15) is 53.4 Å². The summed E-state index contributed by atoms with van der Waals surface area (Å²) >= 11 is 0. The molecular weight excluding hydrogens is 182 g/mol. The monoisotopic (exact) mass is 209 g/mol. The third-order valence-electron chi connectivity index (χ3n) is 4.91. The van der Waals surface area contributed by atoms with Gasteiger partial charge in [0.05, 0.1) is 0 Å². The fourth-order valence-corrected chi connectivity index (χ4v) is 4.14. The van der Waals surface area contributed by atoms with Crippen molar-refractivity contribution >= 4 is 0 Å². The first-order valence-electron chi connectivity index (χ1n) is 6.55. The highest BCUT2D eigenvalue weighted by Gasteiger charge is 2.47. The lowest BCUT2D eigenvalue weighted by atomic mass is 9.71. The van der Waals surface area contributed by atoms with Gasteiger partial charge in [0.15, 0.2) is 0 Å². The second-order valence-corrected chi connectivity index (χ2v) is 7.18. The molecule has 0 aromatic carbocycles. The Morgan fingerprint density at radius 3 is 2.40 bits per heavy atom. The molecule has 1 aliphatic carbocycles. The lowest BCUT2D eigenvalue weighted by Gasteiger charge is -2.48. The van der Waals surface area contributed by atoms with Crippen molar-refractivity contribution in [2.75, 3.05) is 13.6 Å². The maximum atomic E-state index is 2.56. The number of hydrogen-bond donors (Lipinski definition) is 0. The molecule has 0 spiro atoms. The predicted octanol–water partition coefficient (Wildman–Crippen LogP) is 3.54. The van der Waals surface area contributed by atoms with Crippen LogP contribution in [0.4, 0.5) is 0 Å². The minimum atomic E-state index is 0.541. The Balaban J connectivity index is 2.17. The quantitative estimate of drug-likeness (QED) is 0.638. The van der Waals surface area contributed by atoms with Gasteiger partial charge in [-0.15, -0.1) is 0 Å². The normalized spacial score (nSPS) is 45.4. The highest BCUT2D eigenvalue weighted by atomic mass is 15.2. The van der Waals surface area contributed by atoms with Crippen LogP contribution in [0, 0.1) is 16.7 Å². The van der Waals surface area contributed by atoms with Crippen LogP contribution in [-0.4, -0.2) is 24.5 Å². The maximum absolute atomic E-state index is 2.56. The molecule has 0 N–H and O–H groups in total. The molecule has 1 heteroatoms. The lowest BCUT2D eigenvalue weighted by Crippen LogP contribution is -2.54. The molecule has 2 fully saturated rings. The Hall–Kier alpha value is -0.0400. The standard InChI is InChI=1S/C14H27N/c1-6-14(4)7-11-9-15(5)12(11)8-13(2,3)10-14/h11-12H,6-10H2,1-5H3. The van der Waals surface area contributed by atoms with E-state index in [1.807, 2.05) is 0 Å². The van der Waals surface area contributed by atoms with Gasteiger partial charge in [-0.3, -0.25) is 0 Å². The van der Waals surface area contributed by atoms with Crippen molar-refractivity contribution in [1.29, 1.82) is 0 Å². The number of nitrogens with zero attached hydrogens (tertiary/aromatic N) is 1. The molecule has 1 saturated heterocycles. The summed E-state index contributed by atoms with van der Waals surface area (Å²) in [6.45, 7) is 11.2. The van der Waals surface area contributed by atoms with Crippen LogP contribution in [0.15, 0.2) is 0 Å². The van der Waals surface area contributed by atoms with Crippen LogP contribution in [0.25, 0.3) is 0 Å². The van der Waals surface area contributed by atoms with Crippen molar-refractivity contribution in [3.8, 4) is 0 Å². The molecule has 88 valence electrons. The number of rotatable bonds is 1. The minimum absolute atomic E-state index is 0.541. The van der Waals surface area contributed by atoms with E-state index in [4.69, 9.17) is 0 Å². The predicted molar refractivity (Wildman–Crippen MR) is 65.9 cm³/mol. The van der Waals surface area contributed by atoms with Crippen LogP contribution < -0.4 is 0 Å². The summed E-state index contributed by atoms with van der Waals surface area (Å²) in [5.74, 6) is 0.988. The van der Waals surface area contributed by atoms with E-state index in [1.165, 1.54) is 32.2 Å². The minimum Gasteiger partial charge on any atom is -0.303 e. The zero-order valence-electron chi connectivity index (χ0n) is 11.1. The highest BCUT2D eigenvalue weighted by Crippen LogP contribution is 2.51. The van der Waals surface area contributed by atoms with Gasteiger partial charge in [-0.1, -0.05) is 34.1 Å². The van der Waals surface area contributed by atoms with Gasteiger partial charge in [-0.05, 0) is 43.1 Å². The van der Waals surface area contributed by atoms with E-state index in [0.29, 0.717) is 10.8 Å². The van der Waals surface area contributed by atoms with E-state index in [9.17, 15) is 0 Å². The number of likely N-dealkylation sites (tertiary alicyclic amines) is 1. The molecule has 2 rings (SSSR count). The number of fused-ring (bicyclic) bond motifs is 1. The average Bonchev–Trinajstić information content (AvgIpc) is 2.20. The van der Waals surface area contributed by atoms with Crippen LogP contribution in [0.2, 0.25) is 0 Å². The summed E-state index contributed by atoms with van der Waals surface area (Å²) in [6.07, 6.45) is 5.63. The van der Waals surface area contributed by atoms with Crippen molar-refractivity contribution < 1.29 is 0 Å². The fraction of sp³-hybridized carbons (Fsp3) is 1.00. The molecular formula is C14H27N. The molecule has 2 aliphatic rings. The summed E-state index contributed by atoms with van der Waals surface area (Å²) in [5, 5.41) is 0. The van der Waals surface area contributed by atoms with Gasteiger partial charge < -0.3 is 4.90 Å². The molecule has 3 unspecified atom stereocenters. The molecule has 0 aromatic heterocycles. The third-order valence-corrected chi connectivity index (χ3v) is 4.91. The molecule has 0 radical (unpaired) electrons. The highest BCUT2D eigenvalue weighted by molar-refractivity contribution is 5.00. The Morgan fingerprint density at radius 2 is 1.87 bits per heavy atom. The van der Waals surface area contributed by atoms with E-state index in [0.717, 1.165) is 12.0 Å². The zero-order valence-corrected chi connectivity index (χ0v) is 11.1. The van der Waals surface area contributed by atoms with Gasteiger partial charge in [-0.25, -0.2) is 0 Å². The average molecular weight is 209 g/mol. The van der Waals surface area contributed by atoms with Crippen molar-refractivity contribution in [1.82, 2.24) is 4.90 Å². The first kappa shape index (κ1) is 11.4. The van der Waals surface area contributed by atoms with Crippen LogP contribution in [-0.2, 0) is 0 Å². The topological polar surface area (TPSA) is 3.24 Å². The summed E-state index contributed by atoms with van der Waals surface area (Å²) in [7, 11) is 2.30. The van der Waals surface area contributed by atoms with Gasteiger partial charge in [0.25, 0.3) is 0 Å². The Bertz CT molecular complexity index is 246. The molecule has 15 heavy (non-hydrogen) atoms. The van der Waals surface area contributed by atoms with Gasteiger partial charge >= 0.3 is 0 Å². The maximum Gasteiger partial charge on any atom is 0.0138 e. The molecule has 0 aromatic rings. The second kappa shape index (κ2) is 3.48. The lowest BCUT2D eigenvalue weighted by molar-refractivity contribution is 0.0130. The summed E-state index contributed by atoms with van der Waals surface area (Å²) in [6, 6.07) is 0.883. The van der Waals surface area contributed by atoms with E-state index in [2.05, 4.69) is 39.6 Å². The molecule has 1 heterocycles. The summed E-state index contributed by atoms with van der Waals surface area (Å²) < 4.78 is 0. The second-order valence-electron chi connectivity index (χ2n) is 7.18. The van der Waals surface area contributed by atoms with E-state index < -0.39 is 0 Å². The van der Waals surface area contributed by atoms with Crippen molar-refractivity contribution in [3.63, 3.8) is 0 Å². The molecule has 1 nitrogen and oxygen atoms in total. The SMILES string of the molecule is CCC1(C)CC2CN(C)C2CC(C)(C)C1. The van der Waals surface area contributed by atoms with Crippen molar-refractivity contribution in [3.05, 3.63) is 0 Å². The molecule has 1 saturated carbocycles. The van der Waals surface area contributed by atoms with Gasteiger partial charge in [0.2, 0.25) is 0 Å². The Kier molecular flexibility index (Phi) is 2.65. The number of hydrogen-bond acceptors (Lipinski definition) is 1. The third kappa shape index (κ3) is 2.08. The smallest absolute Gasteiger partial charge is 0.0138 e. The van der Waals surface area contributed by atoms with Crippen LogP contribution in [0.3, 0.4) is 0 Å². The molecule has 1 aliphatic heterocycles. The zero-order chi connectivity index (χ0) is 11.3. The molecule has 3 atom stereocenters. The van der Waals surface area contributed by atoms with Crippen molar-refractivity contribution in [2.45, 2.75) is 59.4 Å². The summed E-state index contributed by atoms with van der Waals surface area (Å²) in [4.78, 5) is 2.56. The van der Waals surface area contributed by atoms with E-state index in [1.54, 1.807) is 0 Å². The summed E-state index contributed by atoms with van der Waals surface area (Å²) in [5.41, 5.74) is 1.14. The van der Waals surface area contributed by atoms with Crippen LogP contribution in [0.5, 0.6) is 0 Å². The Morgan fingerprint density at radius 1 is 1.20 bits per heavy atom. The van der Waals surface area contributed by atoms with Gasteiger partial charge in [0, 0.05) is 12.6 Å². The van der Waals surface area contributed by atoms with E-state index >= 15 is 0 Å². The van der Waals surface area contributed by atoms with Crippen molar-refractivity contribution in [2.24, 2.45) is 16.7 Å². The van der Waals surface area contributed by atoms with Gasteiger partial charge in [0.1, 0.15) is 0 Å². The fourth-order valence-electron chi connectivity index (χ4n) is 4.14. The Labute approximate surface area is 95.2 Å². The molecule has 0 amide bonds. The van der Waals surface area contributed by atoms with E-state index in [-0.39, 0.29) is 0 Å². The first-order valence-corrected chi connectivity index (χ1v) is 6.55. The largest absolute Gasteiger partial charge is 0.303 e. The van der Waals surface area contributed by atoms with Crippen LogP contribution >= 0.6 is 0 Å².